The van der Waals surface area contributed by atoms with Gasteiger partial charge in [0.05, 0.1) is 17.0 Å². The molecule has 5 nitrogen and oxygen atoms in total. The van der Waals surface area contributed by atoms with Gasteiger partial charge in [-0.2, -0.15) is 0 Å². The molecular weight excluding hydrogens is 395 g/mol. The smallest absolute Gasteiger partial charge is 0.290 e. The Labute approximate surface area is 181 Å². The highest BCUT2D eigenvalue weighted by atomic mass is 19.1. The van der Waals surface area contributed by atoms with Crippen molar-refractivity contribution >= 4 is 16.9 Å². The first-order valence-corrected chi connectivity index (χ1v) is 10.7. The Kier molecular flexibility index (Phi) is 5.67. The third-order valence-corrected chi connectivity index (χ3v) is 6.33. The van der Waals surface area contributed by atoms with E-state index in [0.29, 0.717) is 29.6 Å². The highest BCUT2D eigenvalue weighted by Gasteiger charge is 2.43. The molecule has 1 atom stereocenters. The standard InChI is InChI=1S/C25H27FN2O3/c1-5-27(6-2)11-12-28-22(17-9-7-8-10-19(17)26)21-23(29)18-13-15(3)16(4)14-20(18)31-24(21)25(28)30/h7-10,13-14,22H,5-6,11-12H2,1-4H3. The largest absolute Gasteiger partial charge is 0.450 e. The van der Waals surface area contributed by atoms with E-state index in [2.05, 4.69) is 18.7 Å². The molecule has 0 fully saturated rings. The predicted octanol–water partition coefficient (Wildman–Crippen LogP) is 4.44. The van der Waals surface area contributed by atoms with Crippen molar-refractivity contribution in [3.63, 3.8) is 0 Å². The second-order valence-corrected chi connectivity index (χ2v) is 8.06. The molecular formula is C25H27FN2O3. The van der Waals surface area contributed by atoms with Crippen LogP contribution in [0.4, 0.5) is 4.39 Å². The first-order chi connectivity index (χ1) is 14.9. The predicted molar refractivity (Wildman–Crippen MR) is 119 cm³/mol. The Hall–Kier alpha value is -2.99. The second-order valence-electron chi connectivity index (χ2n) is 8.06. The maximum atomic E-state index is 14.8. The van der Waals surface area contributed by atoms with Crippen LogP contribution >= 0.6 is 0 Å². The molecule has 2 aromatic carbocycles. The monoisotopic (exact) mass is 422 g/mol. The van der Waals surface area contributed by atoms with E-state index in [4.69, 9.17) is 4.42 Å². The van der Waals surface area contributed by atoms with Gasteiger partial charge in [0, 0.05) is 18.7 Å². The number of likely N-dealkylation sites (N-methyl/N-ethyl adjacent to an activating group) is 1. The molecule has 0 bridgehead atoms. The van der Waals surface area contributed by atoms with E-state index in [9.17, 15) is 14.0 Å². The van der Waals surface area contributed by atoms with Crippen LogP contribution in [0.1, 0.15) is 52.7 Å². The molecule has 3 aromatic rings. The molecule has 0 spiro atoms. The molecule has 0 saturated carbocycles. The number of carbonyl (C=O) groups is 1. The Morgan fingerprint density at radius 1 is 1.06 bits per heavy atom. The molecule has 0 N–H and O–H groups in total. The number of halogens is 1. The second kappa shape index (κ2) is 8.27. The highest BCUT2D eigenvalue weighted by Crippen LogP contribution is 2.39. The summed E-state index contributed by atoms with van der Waals surface area (Å²) in [5, 5.41) is 0.418. The maximum Gasteiger partial charge on any atom is 0.290 e. The van der Waals surface area contributed by atoms with Crippen LogP contribution in [0.25, 0.3) is 11.0 Å². The third-order valence-electron chi connectivity index (χ3n) is 6.33. The van der Waals surface area contributed by atoms with Crippen LogP contribution in [-0.2, 0) is 0 Å². The lowest BCUT2D eigenvalue weighted by atomic mass is 9.97. The van der Waals surface area contributed by atoms with Crippen molar-refractivity contribution in [2.75, 3.05) is 26.2 Å². The molecule has 31 heavy (non-hydrogen) atoms. The average Bonchev–Trinajstić information content (AvgIpc) is 3.03. The fourth-order valence-corrected chi connectivity index (χ4v) is 4.32. The van der Waals surface area contributed by atoms with Crippen LogP contribution < -0.4 is 5.43 Å². The average molecular weight is 423 g/mol. The van der Waals surface area contributed by atoms with Gasteiger partial charge in [-0.3, -0.25) is 9.59 Å². The lowest BCUT2D eigenvalue weighted by Gasteiger charge is -2.28. The van der Waals surface area contributed by atoms with Gasteiger partial charge >= 0.3 is 0 Å². The molecule has 0 saturated heterocycles. The Morgan fingerprint density at radius 3 is 2.42 bits per heavy atom. The summed E-state index contributed by atoms with van der Waals surface area (Å²) >= 11 is 0. The van der Waals surface area contributed by atoms with Crippen molar-refractivity contribution in [1.82, 2.24) is 9.80 Å². The number of rotatable bonds is 6. The number of hydrogen-bond donors (Lipinski definition) is 0. The highest BCUT2D eigenvalue weighted by molar-refractivity contribution is 5.99. The number of amides is 1. The number of hydrogen-bond acceptors (Lipinski definition) is 4. The summed E-state index contributed by atoms with van der Waals surface area (Å²) in [6, 6.07) is 9.09. The molecule has 1 unspecified atom stereocenters. The zero-order valence-corrected chi connectivity index (χ0v) is 18.4. The summed E-state index contributed by atoms with van der Waals surface area (Å²) in [6.45, 7) is 10.7. The van der Waals surface area contributed by atoms with Gasteiger partial charge in [0.15, 0.2) is 5.43 Å². The van der Waals surface area contributed by atoms with Gasteiger partial charge in [-0.25, -0.2) is 4.39 Å². The number of nitrogens with zero attached hydrogens (tertiary/aromatic N) is 2. The minimum Gasteiger partial charge on any atom is -0.450 e. The summed E-state index contributed by atoms with van der Waals surface area (Å²) < 4.78 is 20.8. The van der Waals surface area contributed by atoms with Crippen LogP contribution in [-0.4, -0.2) is 41.9 Å². The summed E-state index contributed by atoms with van der Waals surface area (Å²) in [5.74, 6) is -0.790. The van der Waals surface area contributed by atoms with Gasteiger partial charge < -0.3 is 14.2 Å². The zero-order chi connectivity index (χ0) is 22.3. The van der Waals surface area contributed by atoms with E-state index in [1.165, 1.54) is 6.07 Å². The van der Waals surface area contributed by atoms with Crippen molar-refractivity contribution in [2.24, 2.45) is 0 Å². The minimum absolute atomic E-state index is 0.0218. The first-order valence-electron chi connectivity index (χ1n) is 10.7. The van der Waals surface area contributed by atoms with Crippen LogP contribution in [0.2, 0.25) is 0 Å². The zero-order valence-electron chi connectivity index (χ0n) is 18.4. The molecule has 1 amide bonds. The summed E-state index contributed by atoms with van der Waals surface area (Å²) in [7, 11) is 0. The van der Waals surface area contributed by atoms with Gasteiger partial charge in [-0.15, -0.1) is 0 Å². The van der Waals surface area contributed by atoms with E-state index in [1.807, 2.05) is 13.8 Å². The molecule has 162 valence electrons. The summed E-state index contributed by atoms with van der Waals surface area (Å²) in [4.78, 5) is 30.7. The summed E-state index contributed by atoms with van der Waals surface area (Å²) in [5.41, 5.74) is 2.59. The minimum atomic E-state index is -0.804. The Morgan fingerprint density at radius 2 is 1.74 bits per heavy atom. The van der Waals surface area contributed by atoms with E-state index in [0.717, 1.165) is 24.2 Å². The lowest BCUT2D eigenvalue weighted by Crippen LogP contribution is -2.38. The number of carbonyl (C=O) groups excluding carboxylic acids is 1. The molecule has 1 aliphatic rings. The van der Waals surface area contributed by atoms with E-state index in [1.54, 1.807) is 35.2 Å². The first kappa shape index (κ1) is 21.2. The fourth-order valence-electron chi connectivity index (χ4n) is 4.32. The number of benzene rings is 2. The molecule has 0 radical (unpaired) electrons. The third kappa shape index (κ3) is 3.55. The van der Waals surface area contributed by atoms with Gasteiger partial charge in [-0.1, -0.05) is 32.0 Å². The van der Waals surface area contributed by atoms with Crippen LogP contribution in [0, 0.1) is 19.7 Å². The molecule has 4 rings (SSSR count). The molecule has 1 aliphatic heterocycles. The van der Waals surface area contributed by atoms with Crippen molar-refractivity contribution in [3.05, 3.63) is 80.5 Å². The van der Waals surface area contributed by atoms with E-state index < -0.39 is 11.9 Å². The Balaban J connectivity index is 1.92. The fraction of sp³-hybridized carbons (Fsp3) is 0.360. The molecule has 1 aromatic heterocycles. The van der Waals surface area contributed by atoms with Gasteiger partial charge in [-0.05, 0) is 56.3 Å². The quantitative estimate of drug-likeness (QED) is 0.590. The molecule has 2 heterocycles. The summed E-state index contributed by atoms with van der Waals surface area (Å²) in [6.07, 6.45) is 0. The van der Waals surface area contributed by atoms with E-state index in [-0.39, 0.29) is 22.7 Å². The van der Waals surface area contributed by atoms with Crippen molar-refractivity contribution in [1.29, 1.82) is 0 Å². The molecule has 6 heteroatoms. The lowest BCUT2D eigenvalue weighted by molar-refractivity contribution is 0.0706. The van der Waals surface area contributed by atoms with Gasteiger partial charge in [0.2, 0.25) is 5.76 Å². The van der Waals surface area contributed by atoms with Crippen LogP contribution in [0.15, 0.2) is 45.6 Å². The van der Waals surface area contributed by atoms with Gasteiger partial charge in [0.1, 0.15) is 11.4 Å². The van der Waals surface area contributed by atoms with Crippen LogP contribution in [0.5, 0.6) is 0 Å². The molecule has 0 aliphatic carbocycles. The van der Waals surface area contributed by atoms with Crippen LogP contribution in [0.3, 0.4) is 0 Å². The SMILES string of the molecule is CCN(CC)CCN1C(=O)c2oc3cc(C)c(C)cc3c(=O)c2C1c1ccccc1F. The Bertz CT molecular complexity index is 1210. The van der Waals surface area contributed by atoms with Crippen molar-refractivity contribution in [2.45, 2.75) is 33.7 Å². The van der Waals surface area contributed by atoms with E-state index >= 15 is 0 Å². The maximum absolute atomic E-state index is 14.8. The van der Waals surface area contributed by atoms with Crippen molar-refractivity contribution in [3.8, 4) is 0 Å². The van der Waals surface area contributed by atoms with Gasteiger partial charge in [0.25, 0.3) is 5.91 Å². The number of fused-ring (bicyclic) bond motifs is 2. The normalized spacial score (nSPS) is 15.9. The number of aryl methyl sites for hydroxylation is 2. The van der Waals surface area contributed by atoms with Crippen molar-refractivity contribution < 1.29 is 13.6 Å². The topological polar surface area (TPSA) is 53.8 Å².